The van der Waals surface area contributed by atoms with Crippen molar-refractivity contribution >= 4 is 54.0 Å². The number of halogens is 1. The molecule has 0 radical (unpaired) electrons. The molecular weight excluding hydrogens is 318 g/mol. The van der Waals surface area contributed by atoms with E-state index in [1.165, 1.54) is 11.3 Å². The number of nitrogens with one attached hydrogen (secondary N) is 1. The Morgan fingerprint density at radius 1 is 1.14 bits per heavy atom. The Labute approximate surface area is 136 Å². The summed E-state index contributed by atoms with van der Waals surface area (Å²) in [7, 11) is 0. The van der Waals surface area contributed by atoms with Crippen molar-refractivity contribution in [1.29, 1.82) is 0 Å². The minimum atomic E-state index is -0.513. The van der Waals surface area contributed by atoms with Crippen molar-refractivity contribution in [2.45, 2.75) is 13.3 Å². The van der Waals surface area contributed by atoms with Crippen molar-refractivity contribution in [3.05, 3.63) is 52.2 Å². The summed E-state index contributed by atoms with van der Waals surface area (Å²) in [6.07, 6.45) is 1.03. The second-order valence-electron chi connectivity index (χ2n) is 5.05. The lowest BCUT2D eigenvalue weighted by Gasteiger charge is -2.07. The third-order valence-corrected chi connectivity index (χ3v) is 4.83. The summed E-state index contributed by atoms with van der Waals surface area (Å²) in [6.45, 7) is 2.97. The molecule has 0 unspecified atom stereocenters. The first kappa shape index (κ1) is 15.0. The van der Waals surface area contributed by atoms with Gasteiger partial charge in [0.2, 0.25) is 0 Å². The quantitative estimate of drug-likeness (QED) is 0.560. The van der Waals surface area contributed by atoms with Gasteiger partial charge in [-0.3, -0.25) is 9.59 Å². The van der Waals surface area contributed by atoms with Crippen LogP contribution in [0.25, 0.3) is 20.2 Å². The van der Waals surface area contributed by atoms with Crippen LogP contribution in [0.1, 0.15) is 23.7 Å². The molecular formula is C17H14ClNO2S. The number of anilines is 1. The van der Waals surface area contributed by atoms with Crippen molar-refractivity contribution < 1.29 is 4.79 Å². The van der Waals surface area contributed by atoms with Gasteiger partial charge >= 0.3 is 0 Å². The Kier molecular flexibility index (Phi) is 4.14. The first-order chi connectivity index (χ1) is 10.6. The largest absolute Gasteiger partial charge is 0.385 e. The van der Waals surface area contributed by atoms with Crippen molar-refractivity contribution in [3.8, 4) is 0 Å². The first-order valence-electron chi connectivity index (χ1n) is 7.04. The summed E-state index contributed by atoms with van der Waals surface area (Å²) >= 11 is 7.00. The van der Waals surface area contributed by atoms with Crippen LogP contribution in [-0.2, 0) is 0 Å². The van der Waals surface area contributed by atoms with Crippen LogP contribution in [0.3, 0.4) is 0 Å². The third-order valence-electron chi connectivity index (χ3n) is 3.48. The molecule has 2 aromatic carbocycles. The van der Waals surface area contributed by atoms with Gasteiger partial charge < -0.3 is 5.32 Å². The van der Waals surface area contributed by atoms with Crippen LogP contribution < -0.4 is 10.7 Å². The van der Waals surface area contributed by atoms with Gasteiger partial charge in [-0.25, -0.2) is 0 Å². The van der Waals surface area contributed by atoms with Gasteiger partial charge in [0, 0.05) is 38.0 Å². The topological polar surface area (TPSA) is 46.2 Å². The maximum absolute atomic E-state index is 12.7. The highest BCUT2D eigenvalue weighted by molar-refractivity contribution is 7.24. The van der Waals surface area contributed by atoms with Crippen LogP contribution in [-0.4, -0.2) is 11.8 Å². The maximum Gasteiger partial charge on any atom is 0.252 e. The summed E-state index contributed by atoms with van der Waals surface area (Å²) in [5.74, 6) is 0. The van der Waals surface area contributed by atoms with E-state index in [1.807, 2.05) is 18.2 Å². The van der Waals surface area contributed by atoms with Gasteiger partial charge in [0.1, 0.15) is 0 Å². The lowest BCUT2D eigenvalue weighted by molar-refractivity contribution is 0.108. The fraction of sp³-hybridized carbons (Fsp3) is 0.176. The van der Waals surface area contributed by atoms with Crippen LogP contribution in [0.5, 0.6) is 0 Å². The Balaban J connectivity index is 2.22. The van der Waals surface area contributed by atoms with Crippen LogP contribution >= 0.6 is 22.9 Å². The molecule has 3 rings (SSSR count). The zero-order valence-corrected chi connectivity index (χ0v) is 13.6. The average molecular weight is 332 g/mol. The monoisotopic (exact) mass is 331 g/mol. The fourth-order valence-corrected chi connectivity index (χ4v) is 3.56. The predicted molar refractivity (Wildman–Crippen MR) is 94.6 cm³/mol. The molecule has 0 saturated heterocycles. The average Bonchev–Trinajstić information content (AvgIpc) is 2.52. The predicted octanol–water partition coefficient (Wildman–Crippen LogP) is 4.62. The third kappa shape index (κ3) is 2.72. The van der Waals surface area contributed by atoms with Crippen LogP contribution in [0, 0.1) is 0 Å². The molecule has 5 heteroatoms. The summed E-state index contributed by atoms with van der Waals surface area (Å²) in [5.41, 5.74) is 1.34. The van der Waals surface area contributed by atoms with E-state index in [9.17, 15) is 9.59 Å². The Morgan fingerprint density at radius 2 is 1.95 bits per heavy atom. The molecule has 0 aliphatic heterocycles. The van der Waals surface area contributed by atoms with Gasteiger partial charge in [0.15, 0.2) is 5.43 Å². The van der Waals surface area contributed by atoms with E-state index in [0.29, 0.717) is 16.3 Å². The number of hydrogen-bond acceptors (Lipinski definition) is 4. The Morgan fingerprint density at radius 3 is 2.68 bits per heavy atom. The summed E-state index contributed by atoms with van der Waals surface area (Å²) < 4.78 is 1.68. The van der Waals surface area contributed by atoms with Crippen molar-refractivity contribution in [2.75, 3.05) is 11.9 Å². The molecule has 22 heavy (non-hydrogen) atoms. The molecule has 1 aromatic heterocycles. The van der Waals surface area contributed by atoms with Gasteiger partial charge in [0.05, 0.1) is 0 Å². The van der Waals surface area contributed by atoms with Gasteiger partial charge in [-0.15, -0.1) is 11.3 Å². The van der Waals surface area contributed by atoms with E-state index in [0.717, 1.165) is 28.1 Å². The molecule has 0 bridgehead atoms. The molecule has 0 aliphatic rings. The molecule has 1 heterocycles. The van der Waals surface area contributed by atoms with Gasteiger partial charge in [0.25, 0.3) is 5.24 Å². The number of benzene rings is 2. The van der Waals surface area contributed by atoms with Crippen LogP contribution in [0.15, 0.2) is 41.2 Å². The number of carbonyl (C=O) groups excluding carboxylic acids is 1. The van der Waals surface area contributed by atoms with Crippen LogP contribution in [0.4, 0.5) is 5.69 Å². The molecule has 0 aliphatic carbocycles. The number of rotatable bonds is 4. The van der Waals surface area contributed by atoms with Gasteiger partial charge in [-0.1, -0.05) is 6.92 Å². The van der Waals surface area contributed by atoms with E-state index in [2.05, 4.69) is 12.2 Å². The minimum Gasteiger partial charge on any atom is -0.385 e. The fourth-order valence-electron chi connectivity index (χ4n) is 2.36. The summed E-state index contributed by atoms with van der Waals surface area (Å²) in [5, 5.41) is 4.09. The molecule has 0 amide bonds. The first-order valence-corrected chi connectivity index (χ1v) is 8.24. The highest BCUT2D eigenvalue weighted by Crippen LogP contribution is 2.27. The van der Waals surface area contributed by atoms with Crippen molar-refractivity contribution in [3.63, 3.8) is 0 Å². The Hall–Kier alpha value is -1.91. The van der Waals surface area contributed by atoms with Crippen LogP contribution in [0.2, 0.25) is 0 Å². The zero-order chi connectivity index (χ0) is 15.7. The van der Waals surface area contributed by atoms with E-state index >= 15 is 0 Å². The van der Waals surface area contributed by atoms with E-state index in [4.69, 9.17) is 11.6 Å². The lowest BCUT2D eigenvalue weighted by atomic mass is 10.1. The van der Waals surface area contributed by atoms with Crippen molar-refractivity contribution in [2.24, 2.45) is 0 Å². The molecule has 0 saturated carbocycles. The van der Waals surface area contributed by atoms with Gasteiger partial charge in [-0.2, -0.15) is 0 Å². The molecule has 0 spiro atoms. The van der Waals surface area contributed by atoms with Gasteiger partial charge in [-0.05, 0) is 54.4 Å². The minimum absolute atomic E-state index is 0.0162. The lowest BCUT2D eigenvalue weighted by Crippen LogP contribution is -2.04. The molecule has 3 nitrogen and oxygen atoms in total. The molecule has 0 atom stereocenters. The molecule has 0 fully saturated rings. The molecule has 112 valence electrons. The summed E-state index contributed by atoms with van der Waals surface area (Å²) in [6, 6.07) is 10.7. The number of carbonyl (C=O) groups is 1. The Bertz CT molecular complexity index is 933. The SMILES string of the molecule is CCCNc1ccc2sc3cc(C(=O)Cl)ccc3c(=O)c2c1. The normalized spacial score (nSPS) is 11.0. The highest BCUT2D eigenvalue weighted by Gasteiger charge is 2.09. The van der Waals surface area contributed by atoms with E-state index in [-0.39, 0.29) is 5.43 Å². The second kappa shape index (κ2) is 6.07. The molecule has 1 N–H and O–H groups in total. The highest BCUT2D eigenvalue weighted by atomic mass is 35.5. The number of hydrogen-bond donors (Lipinski definition) is 1. The maximum atomic E-state index is 12.7. The second-order valence-corrected chi connectivity index (χ2v) is 6.48. The summed E-state index contributed by atoms with van der Waals surface area (Å²) in [4.78, 5) is 23.9. The van der Waals surface area contributed by atoms with E-state index < -0.39 is 5.24 Å². The molecule has 3 aromatic rings. The van der Waals surface area contributed by atoms with Crippen molar-refractivity contribution in [1.82, 2.24) is 0 Å². The zero-order valence-electron chi connectivity index (χ0n) is 12.0. The number of fused-ring (bicyclic) bond motifs is 2. The standard InChI is InChI=1S/C17H14ClNO2S/c1-2-7-19-11-4-6-14-13(9-11)16(20)12-5-3-10(17(18)21)8-15(12)22-14/h3-6,8-9,19H,2,7H2,1H3. The smallest absolute Gasteiger partial charge is 0.252 e. The van der Waals surface area contributed by atoms with E-state index in [1.54, 1.807) is 18.2 Å².